The molecule has 0 spiro atoms. The zero-order chi connectivity index (χ0) is 17.2. The average molecular weight is 353 g/mol. The summed E-state index contributed by atoms with van der Waals surface area (Å²) in [5.41, 5.74) is 3.74. The van der Waals surface area contributed by atoms with E-state index in [1.165, 1.54) is 21.0 Å². The fraction of sp³-hybridized carbons (Fsp3) is 0.300. The van der Waals surface area contributed by atoms with E-state index in [0.717, 1.165) is 42.8 Å². The summed E-state index contributed by atoms with van der Waals surface area (Å²) in [4.78, 5) is 8.35. The molecule has 1 fully saturated rings. The Kier molecular flexibility index (Phi) is 4.59. The van der Waals surface area contributed by atoms with E-state index in [4.69, 9.17) is 4.74 Å². The number of aromatic nitrogens is 1. The van der Waals surface area contributed by atoms with Crippen LogP contribution in [0.5, 0.6) is 5.75 Å². The van der Waals surface area contributed by atoms with Gasteiger partial charge in [0.25, 0.3) is 0 Å². The molecule has 4 nitrogen and oxygen atoms in total. The molecule has 0 atom stereocenters. The van der Waals surface area contributed by atoms with Crippen LogP contribution in [0.15, 0.2) is 52.4 Å². The number of anilines is 1. The minimum atomic E-state index is 0.914. The number of aromatic amines is 1. The number of nitrogens with zero attached hydrogens (tertiary/aromatic N) is 1. The van der Waals surface area contributed by atoms with Crippen LogP contribution in [0.25, 0.3) is 10.9 Å². The second kappa shape index (κ2) is 7.02. The highest BCUT2D eigenvalue weighted by molar-refractivity contribution is 7.99. The monoisotopic (exact) mass is 353 g/mol. The maximum atomic E-state index is 5.58. The number of hydrogen-bond donors (Lipinski definition) is 2. The van der Waals surface area contributed by atoms with Gasteiger partial charge in [0.05, 0.1) is 23.7 Å². The average Bonchev–Trinajstić information content (AvgIpc) is 3.07. The van der Waals surface area contributed by atoms with Crippen LogP contribution in [0.2, 0.25) is 0 Å². The summed E-state index contributed by atoms with van der Waals surface area (Å²) in [6, 6.07) is 12.9. The van der Waals surface area contributed by atoms with Gasteiger partial charge < -0.3 is 19.9 Å². The Morgan fingerprint density at radius 3 is 2.72 bits per heavy atom. The molecule has 130 valence electrons. The Morgan fingerprint density at radius 2 is 1.92 bits per heavy atom. The smallest absolute Gasteiger partial charge is 0.129 e. The molecule has 2 heterocycles. The second-order valence-electron chi connectivity index (χ2n) is 6.35. The molecule has 1 aromatic heterocycles. The maximum absolute atomic E-state index is 5.58. The molecule has 0 saturated carbocycles. The van der Waals surface area contributed by atoms with E-state index in [1.54, 1.807) is 7.11 Å². The van der Waals surface area contributed by atoms with E-state index < -0.39 is 0 Å². The third-order valence-electron chi connectivity index (χ3n) is 4.64. The summed E-state index contributed by atoms with van der Waals surface area (Å²) in [6.07, 6.45) is 2.08. The standard InChI is InChI=1S/C20H23N3OS/c1-14-6-7-18(16(12-14)23-10-8-21-9-11-23)25-19-13-22-15-4-3-5-17(24-2)20(15)19/h3-7,12-13,21-22H,8-11H2,1-2H3. The third kappa shape index (κ3) is 3.22. The minimum absolute atomic E-state index is 0.914. The van der Waals surface area contributed by atoms with E-state index in [2.05, 4.69) is 52.6 Å². The molecule has 1 aliphatic rings. The van der Waals surface area contributed by atoms with Gasteiger partial charge in [-0.2, -0.15) is 0 Å². The molecule has 5 heteroatoms. The Hall–Kier alpha value is -2.11. The summed E-state index contributed by atoms with van der Waals surface area (Å²) in [7, 11) is 1.73. The van der Waals surface area contributed by atoms with Gasteiger partial charge in [-0.3, -0.25) is 0 Å². The first-order valence-corrected chi connectivity index (χ1v) is 9.46. The third-order valence-corrected chi connectivity index (χ3v) is 5.75. The zero-order valence-corrected chi connectivity index (χ0v) is 15.5. The molecule has 3 aromatic rings. The van der Waals surface area contributed by atoms with E-state index in [0.29, 0.717) is 0 Å². The van der Waals surface area contributed by atoms with Crippen LogP contribution in [0, 0.1) is 6.92 Å². The first-order valence-electron chi connectivity index (χ1n) is 8.64. The molecule has 25 heavy (non-hydrogen) atoms. The van der Waals surface area contributed by atoms with Crippen LogP contribution in [0.1, 0.15) is 5.56 Å². The van der Waals surface area contributed by atoms with Crippen LogP contribution < -0.4 is 15.0 Å². The van der Waals surface area contributed by atoms with Crippen LogP contribution in [-0.2, 0) is 0 Å². The van der Waals surface area contributed by atoms with Crippen LogP contribution in [0.3, 0.4) is 0 Å². The zero-order valence-electron chi connectivity index (χ0n) is 14.6. The molecule has 2 aromatic carbocycles. The number of hydrogen-bond acceptors (Lipinski definition) is 4. The summed E-state index contributed by atoms with van der Waals surface area (Å²) in [5.74, 6) is 0.914. The predicted octanol–water partition coefficient (Wildman–Crippen LogP) is 4.05. The molecule has 0 amide bonds. The normalized spacial score (nSPS) is 14.9. The van der Waals surface area contributed by atoms with Crippen molar-refractivity contribution in [3.63, 3.8) is 0 Å². The molecular weight excluding hydrogens is 330 g/mol. The molecule has 1 aliphatic heterocycles. The lowest BCUT2D eigenvalue weighted by Crippen LogP contribution is -2.43. The number of rotatable bonds is 4. The second-order valence-corrected chi connectivity index (χ2v) is 7.43. The lowest BCUT2D eigenvalue weighted by molar-refractivity contribution is 0.419. The van der Waals surface area contributed by atoms with E-state index in [-0.39, 0.29) is 0 Å². The van der Waals surface area contributed by atoms with Crippen molar-refractivity contribution in [2.24, 2.45) is 0 Å². The number of H-pyrrole nitrogens is 1. The van der Waals surface area contributed by atoms with Gasteiger partial charge in [-0.15, -0.1) is 0 Å². The summed E-state index contributed by atoms with van der Waals surface area (Å²) < 4.78 is 5.58. The van der Waals surface area contributed by atoms with Crippen molar-refractivity contribution in [1.29, 1.82) is 0 Å². The van der Waals surface area contributed by atoms with Gasteiger partial charge in [0.1, 0.15) is 5.75 Å². The van der Waals surface area contributed by atoms with Crippen LogP contribution in [-0.4, -0.2) is 38.3 Å². The largest absolute Gasteiger partial charge is 0.496 e. The molecule has 4 rings (SSSR count). The van der Waals surface area contributed by atoms with Gasteiger partial charge >= 0.3 is 0 Å². The van der Waals surface area contributed by atoms with Crippen molar-refractivity contribution < 1.29 is 4.74 Å². The van der Waals surface area contributed by atoms with E-state index in [9.17, 15) is 0 Å². The van der Waals surface area contributed by atoms with Gasteiger partial charge in [-0.1, -0.05) is 23.9 Å². The van der Waals surface area contributed by atoms with Crippen molar-refractivity contribution >= 4 is 28.4 Å². The van der Waals surface area contributed by atoms with E-state index in [1.807, 2.05) is 23.9 Å². The lowest BCUT2D eigenvalue weighted by Gasteiger charge is -2.31. The fourth-order valence-corrected chi connectivity index (χ4v) is 4.45. The minimum Gasteiger partial charge on any atom is -0.496 e. The fourth-order valence-electron chi connectivity index (χ4n) is 3.36. The summed E-state index contributed by atoms with van der Waals surface area (Å²) in [5, 5.41) is 4.59. The highest BCUT2D eigenvalue weighted by Crippen LogP contribution is 2.42. The molecule has 0 bridgehead atoms. The number of benzene rings is 2. The van der Waals surface area contributed by atoms with Gasteiger partial charge in [-0.05, 0) is 36.8 Å². The highest BCUT2D eigenvalue weighted by atomic mass is 32.2. The van der Waals surface area contributed by atoms with Gasteiger partial charge in [0.15, 0.2) is 0 Å². The number of methoxy groups -OCH3 is 1. The molecule has 2 N–H and O–H groups in total. The van der Waals surface area contributed by atoms with Crippen LogP contribution >= 0.6 is 11.8 Å². The number of nitrogens with one attached hydrogen (secondary N) is 2. The Balaban J connectivity index is 1.74. The van der Waals surface area contributed by atoms with Gasteiger partial charge in [0, 0.05) is 42.2 Å². The van der Waals surface area contributed by atoms with Gasteiger partial charge in [-0.25, -0.2) is 0 Å². The summed E-state index contributed by atoms with van der Waals surface area (Å²) >= 11 is 1.81. The number of fused-ring (bicyclic) bond motifs is 1. The van der Waals surface area contributed by atoms with Gasteiger partial charge in [0.2, 0.25) is 0 Å². The number of ether oxygens (including phenoxy) is 1. The molecular formula is C20H23N3OS. The molecule has 0 radical (unpaired) electrons. The predicted molar refractivity (Wildman–Crippen MR) is 105 cm³/mol. The van der Waals surface area contributed by atoms with Crippen molar-refractivity contribution in [1.82, 2.24) is 10.3 Å². The lowest BCUT2D eigenvalue weighted by atomic mass is 10.2. The van der Waals surface area contributed by atoms with Crippen molar-refractivity contribution in [3.05, 3.63) is 48.2 Å². The Bertz CT molecular complexity index is 884. The Labute approximate surface area is 152 Å². The molecule has 1 saturated heterocycles. The first-order chi connectivity index (χ1) is 12.3. The maximum Gasteiger partial charge on any atom is 0.129 e. The quantitative estimate of drug-likeness (QED) is 0.742. The van der Waals surface area contributed by atoms with E-state index >= 15 is 0 Å². The van der Waals surface area contributed by atoms with Crippen LogP contribution in [0.4, 0.5) is 5.69 Å². The molecule has 0 aliphatic carbocycles. The summed E-state index contributed by atoms with van der Waals surface area (Å²) in [6.45, 7) is 6.34. The Morgan fingerprint density at radius 1 is 1.08 bits per heavy atom. The molecule has 0 unspecified atom stereocenters. The highest BCUT2D eigenvalue weighted by Gasteiger charge is 2.17. The van der Waals surface area contributed by atoms with Crippen molar-refractivity contribution in [3.8, 4) is 5.75 Å². The number of aryl methyl sites for hydroxylation is 1. The topological polar surface area (TPSA) is 40.3 Å². The SMILES string of the molecule is COc1cccc2[nH]cc(Sc3ccc(C)cc3N3CCNCC3)c12. The van der Waals surface area contributed by atoms with Crippen molar-refractivity contribution in [2.75, 3.05) is 38.2 Å². The number of piperazine rings is 1. The van der Waals surface area contributed by atoms with Crippen molar-refractivity contribution in [2.45, 2.75) is 16.7 Å². The first kappa shape index (κ1) is 16.4.